The van der Waals surface area contributed by atoms with Gasteiger partial charge in [-0.25, -0.2) is 15.0 Å². The van der Waals surface area contributed by atoms with Gasteiger partial charge >= 0.3 is 0 Å². The van der Waals surface area contributed by atoms with Crippen LogP contribution in [0.5, 0.6) is 0 Å². The van der Waals surface area contributed by atoms with E-state index in [1.165, 1.54) is 0 Å². The molecule has 0 aliphatic carbocycles. The van der Waals surface area contributed by atoms with Gasteiger partial charge in [-0.1, -0.05) is 27.2 Å². The number of fused-ring (bicyclic) bond motifs is 1. The van der Waals surface area contributed by atoms with Crippen molar-refractivity contribution >= 4 is 11.2 Å². The summed E-state index contributed by atoms with van der Waals surface area (Å²) in [7, 11) is 0. The zero-order valence-electron chi connectivity index (χ0n) is 9.41. The minimum absolute atomic E-state index is 0.0297. The van der Waals surface area contributed by atoms with Crippen LogP contribution in [-0.4, -0.2) is 19.9 Å². The Bertz CT molecular complexity index is 458. The van der Waals surface area contributed by atoms with E-state index in [2.05, 4.69) is 40.7 Å². The van der Waals surface area contributed by atoms with Crippen LogP contribution in [0.3, 0.4) is 0 Å². The number of hydrogen-bond acceptors (Lipinski definition) is 3. The molecule has 0 saturated heterocycles. The molecule has 0 saturated carbocycles. The molecule has 80 valence electrons. The van der Waals surface area contributed by atoms with Crippen LogP contribution in [-0.2, 0) is 5.41 Å². The van der Waals surface area contributed by atoms with E-state index in [4.69, 9.17) is 0 Å². The van der Waals surface area contributed by atoms with Crippen molar-refractivity contribution in [2.24, 2.45) is 0 Å². The smallest absolute Gasteiger partial charge is 0.180 e. The molecule has 0 radical (unpaired) electrons. The first-order valence-corrected chi connectivity index (χ1v) is 5.30. The Morgan fingerprint density at radius 2 is 2.13 bits per heavy atom. The van der Waals surface area contributed by atoms with E-state index in [-0.39, 0.29) is 5.41 Å². The van der Waals surface area contributed by atoms with Crippen molar-refractivity contribution < 1.29 is 0 Å². The lowest BCUT2D eigenvalue weighted by Crippen LogP contribution is -2.20. The Balaban J connectivity index is 2.42. The zero-order valence-corrected chi connectivity index (χ0v) is 9.41. The van der Waals surface area contributed by atoms with Gasteiger partial charge in [0.25, 0.3) is 0 Å². The molecule has 2 aromatic rings. The standard InChI is InChI=1S/C11H16N4/c1-4-5-11(2,3)10-12-6-8-9(15-10)14-7-13-8/h6-7H,4-5H2,1-3H3,(H,12,13,14,15). The zero-order chi connectivity index (χ0) is 10.9. The van der Waals surface area contributed by atoms with Crippen molar-refractivity contribution in [2.45, 2.75) is 39.0 Å². The highest BCUT2D eigenvalue weighted by Crippen LogP contribution is 2.25. The van der Waals surface area contributed by atoms with Gasteiger partial charge in [-0.15, -0.1) is 0 Å². The Morgan fingerprint density at radius 3 is 2.87 bits per heavy atom. The molecular formula is C11H16N4. The normalized spacial score (nSPS) is 12.2. The van der Waals surface area contributed by atoms with E-state index < -0.39 is 0 Å². The van der Waals surface area contributed by atoms with Gasteiger partial charge in [-0.3, -0.25) is 0 Å². The number of hydrogen-bond donors (Lipinski definition) is 1. The molecule has 1 N–H and O–H groups in total. The third-order valence-corrected chi connectivity index (χ3v) is 2.66. The molecule has 15 heavy (non-hydrogen) atoms. The number of imidazole rings is 1. The quantitative estimate of drug-likeness (QED) is 0.835. The molecule has 0 bridgehead atoms. The first-order chi connectivity index (χ1) is 7.13. The summed E-state index contributed by atoms with van der Waals surface area (Å²) in [5.41, 5.74) is 1.68. The maximum absolute atomic E-state index is 4.47. The molecule has 2 rings (SSSR count). The van der Waals surface area contributed by atoms with Gasteiger partial charge in [0.05, 0.1) is 12.5 Å². The molecule has 2 heterocycles. The minimum atomic E-state index is 0.0297. The molecule has 4 heteroatoms. The second-order valence-corrected chi connectivity index (χ2v) is 4.47. The summed E-state index contributed by atoms with van der Waals surface area (Å²) in [4.78, 5) is 16.0. The second kappa shape index (κ2) is 3.61. The lowest BCUT2D eigenvalue weighted by atomic mass is 9.87. The van der Waals surface area contributed by atoms with Gasteiger partial charge in [-0.05, 0) is 6.42 Å². The summed E-state index contributed by atoms with van der Waals surface area (Å²) in [6.07, 6.45) is 5.68. The molecule has 0 aliphatic rings. The predicted molar refractivity (Wildman–Crippen MR) is 59.6 cm³/mol. The van der Waals surface area contributed by atoms with Gasteiger partial charge in [0.2, 0.25) is 0 Å². The average Bonchev–Trinajstić information content (AvgIpc) is 2.63. The average molecular weight is 204 g/mol. The number of H-pyrrole nitrogens is 1. The summed E-state index contributed by atoms with van der Waals surface area (Å²) in [5, 5.41) is 0. The van der Waals surface area contributed by atoms with E-state index in [0.717, 1.165) is 29.8 Å². The van der Waals surface area contributed by atoms with Crippen molar-refractivity contribution in [3.63, 3.8) is 0 Å². The Kier molecular flexibility index (Phi) is 2.42. The van der Waals surface area contributed by atoms with Crippen molar-refractivity contribution in [1.82, 2.24) is 19.9 Å². The lowest BCUT2D eigenvalue weighted by molar-refractivity contribution is 0.446. The van der Waals surface area contributed by atoms with Crippen LogP contribution in [0.2, 0.25) is 0 Å². The maximum atomic E-state index is 4.47. The lowest BCUT2D eigenvalue weighted by Gasteiger charge is -2.21. The van der Waals surface area contributed by atoms with Crippen LogP contribution >= 0.6 is 0 Å². The first-order valence-electron chi connectivity index (χ1n) is 5.30. The van der Waals surface area contributed by atoms with Gasteiger partial charge in [0.1, 0.15) is 11.3 Å². The molecule has 0 aromatic carbocycles. The Hall–Kier alpha value is -1.45. The summed E-state index contributed by atoms with van der Waals surface area (Å²) in [5.74, 6) is 0.879. The third kappa shape index (κ3) is 1.84. The maximum Gasteiger partial charge on any atom is 0.180 e. The highest BCUT2D eigenvalue weighted by molar-refractivity contribution is 5.68. The van der Waals surface area contributed by atoms with Crippen LogP contribution in [0.4, 0.5) is 0 Å². The molecule has 0 amide bonds. The number of aromatic nitrogens is 4. The van der Waals surface area contributed by atoms with Crippen LogP contribution in [0.1, 0.15) is 39.4 Å². The van der Waals surface area contributed by atoms with E-state index in [9.17, 15) is 0 Å². The first kappa shape index (κ1) is 10.1. The van der Waals surface area contributed by atoms with Crippen LogP contribution in [0.25, 0.3) is 11.2 Å². The summed E-state index contributed by atoms with van der Waals surface area (Å²) in [6.45, 7) is 6.52. The molecule has 0 fully saturated rings. The summed E-state index contributed by atoms with van der Waals surface area (Å²) < 4.78 is 0. The topological polar surface area (TPSA) is 54.5 Å². The van der Waals surface area contributed by atoms with Crippen molar-refractivity contribution in [3.05, 3.63) is 18.3 Å². The summed E-state index contributed by atoms with van der Waals surface area (Å²) in [6, 6.07) is 0. The highest BCUT2D eigenvalue weighted by Gasteiger charge is 2.23. The number of aromatic amines is 1. The monoisotopic (exact) mass is 204 g/mol. The molecule has 0 unspecified atom stereocenters. The van der Waals surface area contributed by atoms with Crippen molar-refractivity contribution in [2.75, 3.05) is 0 Å². The fraction of sp³-hybridized carbons (Fsp3) is 0.545. The minimum Gasteiger partial charge on any atom is -0.342 e. The second-order valence-electron chi connectivity index (χ2n) is 4.47. The van der Waals surface area contributed by atoms with Crippen molar-refractivity contribution in [1.29, 1.82) is 0 Å². The van der Waals surface area contributed by atoms with E-state index in [0.29, 0.717) is 0 Å². The molecule has 0 aliphatic heterocycles. The largest absolute Gasteiger partial charge is 0.342 e. The van der Waals surface area contributed by atoms with Gasteiger partial charge in [0, 0.05) is 5.41 Å². The van der Waals surface area contributed by atoms with E-state index in [1.54, 1.807) is 6.33 Å². The fourth-order valence-electron chi connectivity index (χ4n) is 1.80. The Morgan fingerprint density at radius 1 is 1.33 bits per heavy atom. The van der Waals surface area contributed by atoms with Crippen LogP contribution in [0, 0.1) is 0 Å². The Labute approximate surface area is 89.2 Å². The van der Waals surface area contributed by atoms with Crippen LogP contribution < -0.4 is 0 Å². The predicted octanol–water partition coefficient (Wildman–Crippen LogP) is 2.43. The number of rotatable bonds is 3. The van der Waals surface area contributed by atoms with Gasteiger partial charge in [0.15, 0.2) is 5.65 Å². The van der Waals surface area contributed by atoms with Crippen molar-refractivity contribution in [3.8, 4) is 0 Å². The molecular weight excluding hydrogens is 188 g/mol. The molecule has 0 spiro atoms. The highest BCUT2D eigenvalue weighted by atomic mass is 15.0. The van der Waals surface area contributed by atoms with E-state index >= 15 is 0 Å². The third-order valence-electron chi connectivity index (χ3n) is 2.66. The van der Waals surface area contributed by atoms with Gasteiger partial charge < -0.3 is 4.98 Å². The van der Waals surface area contributed by atoms with Gasteiger partial charge in [-0.2, -0.15) is 0 Å². The van der Waals surface area contributed by atoms with Crippen LogP contribution in [0.15, 0.2) is 12.5 Å². The number of nitrogens with zero attached hydrogens (tertiary/aromatic N) is 3. The summed E-state index contributed by atoms with van der Waals surface area (Å²) >= 11 is 0. The number of nitrogens with one attached hydrogen (secondary N) is 1. The molecule has 0 atom stereocenters. The van der Waals surface area contributed by atoms with E-state index in [1.807, 2.05) is 6.20 Å². The SMILES string of the molecule is CCCC(C)(C)c1ncc2[nH]cnc2n1. The molecule has 4 nitrogen and oxygen atoms in total. The molecule has 2 aromatic heterocycles. The fourth-order valence-corrected chi connectivity index (χ4v) is 1.80.